The van der Waals surface area contributed by atoms with Gasteiger partial charge in [0, 0.05) is 29.7 Å². The first-order valence-electron chi connectivity index (χ1n) is 10.9. The van der Waals surface area contributed by atoms with Crippen molar-refractivity contribution in [2.24, 2.45) is 7.05 Å². The lowest BCUT2D eigenvalue weighted by Gasteiger charge is -2.12. The molecule has 0 bridgehead atoms. The molecule has 0 saturated carbocycles. The molecule has 0 aliphatic carbocycles. The lowest BCUT2D eigenvalue weighted by molar-refractivity contribution is 0.0995. The SMILES string of the molecule is CCn1ncc(NC(=O)c2ccccc2C(=O)c2ccc(Cl)cc2)c1C(=O)Nc1cnn(C)c1C. The number of benzene rings is 2. The van der Waals surface area contributed by atoms with Gasteiger partial charge in [-0.25, -0.2) is 0 Å². The molecule has 0 atom stereocenters. The lowest BCUT2D eigenvalue weighted by atomic mass is 9.98. The Morgan fingerprint density at radius 1 is 0.886 bits per heavy atom. The number of ketones is 1. The normalized spacial score (nSPS) is 10.7. The summed E-state index contributed by atoms with van der Waals surface area (Å²) in [5.74, 6) is -1.30. The van der Waals surface area contributed by atoms with Crippen LogP contribution in [0.5, 0.6) is 0 Å². The second kappa shape index (κ2) is 9.94. The molecule has 9 nitrogen and oxygen atoms in total. The van der Waals surface area contributed by atoms with E-state index in [0.717, 1.165) is 5.69 Å². The van der Waals surface area contributed by atoms with Crippen LogP contribution in [-0.2, 0) is 13.6 Å². The average Bonchev–Trinajstić information content (AvgIpc) is 3.41. The third-order valence-electron chi connectivity index (χ3n) is 5.61. The molecule has 0 fully saturated rings. The third-order valence-corrected chi connectivity index (χ3v) is 5.86. The van der Waals surface area contributed by atoms with E-state index in [2.05, 4.69) is 20.8 Å². The van der Waals surface area contributed by atoms with Gasteiger partial charge in [0.05, 0.1) is 35.0 Å². The average molecular weight is 491 g/mol. The van der Waals surface area contributed by atoms with E-state index in [4.69, 9.17) is 11.6 Å². The minimum Gasteiger partial charge on any atom is -0.319 e. The van der Waals surface area contributed by atoms with Gasteiger partial charge >= 0.3 is 0 Å². The molecule has 0 aliphatic rings. The maximum absolute atomic E-state index is 13.2. The van der Waals surface area contributed by atoms with Gasteiger partial charge in [0.2, 0.25) is 0 Å². The van der Waals surface area contributed by atoms with Gasteiger partial charge in [-0.2, -0.15) is 10.2 Å². The van der Waals surface area contributed by atoms with Crippen molar-refractivity contribution in [2.45, 2.75) is 20.4 Å². The minimum atomic E-state index is -0.537. The molecule has 2 aromatic heterocycles. The summed E-state index contributed by atoms with van der Waals surface area (Å²) in [6, 6.07) is 12.9. The van der Waals surface area contributed by atoms with E-state index in [1.54, 1.807) is 66.5 Å². The fourth-order valence-corrected chi connectivity index (χ4v) is 3.71. The first kappa shape index (κ1) is 23.9. The molecule has 0 aliphatic heterocycles. The van der Waals surface area contributed by atoms with E-state index in [-0.39, 0.29) is 28.3 Å². The van der Waals surface area contributed by atoms with Crippen molar-refractivity contribution >= 4 is 40.6 Å². The summed E-state index contributed by atoms with van der Waals surface area (Å²) in [6.45, 7) is 4.08. The highest BCUT2D eigenvalue weighted by Gasteiger charge is 2.24. The number of hydrogen-bond acceptors (Lipinski definition) is 5. The number of rotatable bonds is 7. The van der Waals surface area contributed by atoms with Crippen molar-refractivity contribution in [1.29, 1.82) is 0 Å². The number of aryl methyl sites for hydroxylation is 2. The van der Waals surface area contributed by atoms with Crippen molar-refractivity contribution in [3.63, 3.8) is 0 Å². The number of carbonyl (C=O) groups excluding carboxylic acids is 3. The Morgan fingerprint density at radius 3 is 2.14 bits per heavy atom. The quantitative estimate of drug-likeness (QED) is 0.374. The van der Waals surface area contributed by atoms with Crippen molar-refractivity contribution in [3.8, 4) is 0 Å². The summed E-state index contributed by atoms with van der Waals surface area (Å²) in [7, 11) is 1.77. The highest BCUT2D eigenvalue weighted by molar-refractivity contribution is 6.30. The Morgan fingerprint density at radius 2 is 1.51 bits per heavy atom. The van der Waals surface area contributed by atoms with Gasteiger partial charge < -0.3 is 10.6 Å². The first-order chi connectivity index (χ1) is 16.8. The maximum Gasteiger partial charge on any atom is 0.276 e. The predicted octanol–water partition coefficient (Wildman–Crippen LogP) is 4.33. The highest BCUT2D eigenvalue weighted by atomic mass is 35.5. The molecule has 178 valence electrons. The molecule has 4 aromatic rings. The van der Waals surface area contributed by atoms with E-state index < -0.39 is 11.8 Å². The van der Waals surface area contributed by atoms with Gasteiger partial charge in [0.1, 0.15) is 5.69 Å². The van der Waals surface area contributed by atoms with E-state index in [1.807, 2.05) is 13.8 Å². The van der Waals surface area contributed by atoms with Crippen LogP contribution in [0.4, 0.5) is 11.4 Å². The van der Waals surface area contributed by atoms with Crippen LogP contribution in [0.2, 0.25) is 5.02 Å². The monoisotopic (exact) mass is 490 g/mol. The number of nitrogens with zero attached hydrogens (tertiary/aromatic N) is 4. The Bertz CT molecular complexity index is 1420. The van der Waals surface area contributed by atoms with Crippen LogP contribution in [0.25, 0.3) is 0 Å². The van der Waals surface area contributed by atoms with Crippen LogP contribution in [0.1, 0.15) is 49.4 Å². The van der Waals surface area contributed by atoms with Crippen LogP contribution in [-0.4, -0.2) is 37.2 Å². The Labute approximate surface area is 206 Å². The maximum atomic E-state index is 13.2. The zero-order chi connectivity index (χ0) is 25.1. The standard InChI is InChI=1S/C25H23ClN6O3/c1-4-32-22(25(35)29-20-13-27-31(3)15(20)2)21(14-28-32)30-24(34)19-8-6-5-7-18(19)23(33)16-9-11-17(26)12-10-16/h5-14H,4H2,1-3H3,(H,29,35)(H,30,34). The minimum absolute atomic E-state index is 0.172. The predicted molar refractivity (Wildman–Crippen MR) is 133 cm³/mol. The van der Waals surface area contributed by atoms with Gasteiger partial charge in [0.15, 0.2) is 5.78 Å². The zero-order valence-corrected chi connectivity index (χ0v) is 20.1. The number of anilines is 2. The topological polar surface area (TPSA) is 111 Å². The summed E-state index contributed by atoms with van der Waals surface area (Å²) >= 11 is 5.93. The van der Waals surface area contributed by atoms with Gasteiger partial charge in [0.25, 0.3) is 11.8 Å². The number of halogens is 1. The zero-order valence-electron chi connectivity index (χ0n) is 19.4. The molecule has 2 N–H and O–H groups in total. The van der Waals surface area contributed by atoms with Crippen molar-refractivity contribution < 1.29 is 14.4 Å². The lowest BCUT2D eigenvalue weighted by Crippen LogP contribution is -2.22. The van der Waals surface area contributed by atoms with E-state index >= 15 is 0 Å². The molecule has 2 heterocycles. The van der Waals surface area contributed by atoms with Gasteiger partial charge in [-0.1, -0.05) is 29.8 Å². The molecule has 0 radical (unpaired) electrons. The van der Waals surface area contributed by atoms with E-state index in [0.29, 0.717) is 22.8 Å². The number of carbonyl (C=O) groups is 3. The molecule has 10 heteroatoms. The molecular formula is C25H23ClN6O3. The summed E-state index contributed by atoms with van der Waals surface area (Å²) in [6.07, 6.45) is 2.97. The van der Waals surface area contributed by atoms with Crippen molar-refractivity contribution in [1.82, 2.24) is 19.6 Å². The van der Waals surface area contributed by atoms with Crippen molar-refractivity contribution in [2.75, 3.05) is 10.6 Å². The highest BCUT2D eigenvalue weighted by Crippen LogP contribution is 2.22. The summed E-state index contributed by atoms with van der Waals surface area (Å²) in [5.41, 5.74) is 2.55. The van der Waals surface area contributed by atoms with Crippen LogP contribution in [0.15, 0.2) is 60.9 Å². The molecule has 0 spiro atoms. The Hall–Kier alpha value is -4.24. The van der Waals surface area contributed by atoms with Crippen LogP contribution < -0.4 is 10.6 Å². The molecule has 0 saturated heterocycles. The van der Waals surface area contributed by atoms with Gasteiger partial charge in [-0.3, -0.25) is 23.7 Å². The van der Waals surface area contributed by atoms with Gasteiger partial charge in [-0.15, -0.1) is 0 Å². The van der Waals surface area contributed by atoms with Gasteiger partial charge in [-0.05, 0) is 44.2 Å². The summed E-state index contributed by atoms with van der Waals surface area (Å²) in [5, 5.41) is 14.4. The number of nitrogens with one attached hydrogen (secondary N) is 2. The van der Waals surface area contributed by atoms with Crippen molar-refractivity contribution in [3.05, 3.63) is 94.0 Å². The molecule has 4 rings (SSSR count). The van der Waals surface area contributed by atoms with E-state index in [1.165, 1.54) is 10.9 Å². The third kappa shape index (κ3) is 4.85. The van der Waals surface area contributed by atoms with Crippen LogP contribution in [0, 0.1) is 6.92 Å². The molecule has 0 unspecified atom stereocenters. The molecule has 2 amide bonds. The van der Waals surface area contributed by atoms with Crippen LogP contribution >= 0.6 is 11.6 Å². The summed E-state index contributed by atoms with van der Waals surface area (Å²) < 4.78 is 3.13. The molecular weight excluding hydrogens is 468 g/mol. The van der Waals surface area contributed by atoms with E-state index in [9.17, 15) is 14.4 Å². The fourth-order valence-electron chi connectivity index (χ4n) is 3.58. The Balaban J connectivity index is 1.62. The largest absolute Gasteiger partial charge is 0.319 e. The second-order valence-corrected chi connectivity index (χ2v) is 8.22. The summed E-state index contributed by atoms with van der Waals surface area (Å²) in [4.78, 5) is 39.5. The smallest absolute Gasteiger partial charge is 0.276 e. The molecule has 35 heavy (non-hydrogen) atoms. The van der Waals surface area contributed by atoms with Crippen LogP contribution in [0.3, 0.4) is 0 Å². The second-order valence-electron chi connectivity index (χ2n) is 7.78. The fraction of sp³-hybridized carbons (Fsp3) is 0.160. The number of aromatic nitrogens is 4. The number of amides is 2. The Kier molecular flexibility index (Phi) is 6.79. The first-order valence-corrected chi connectivity index (χ1v) is 11.2. The number of hydrogen-bond donors (Lipinski definition) is 2. The molecule has 2 aromatic carbocycles.